The van der Waals surface area contributed by atoms with E-state index in [0.717, 1.165) is 78.4 Å². The van der Waals surface area contributed by atoms with E-state index in [1.165, 1.54) is 0 Å². The fourth-order valence-corrected chi connectivity index (χ4v) is 4.75. The van der Waals surface area contributed by atoms with Crippen molar-refractivity contribution in [1.29, 1.82) is 0 Å². The summed E-state index contributed by atoms with van der Waals surface area (Å²) in [5.74, 6) is 2.86. The number of benzene rings is 2. The molecule has 0 amide bonds. The summed E-state index contributed by atoms with van der Waals surface area (Å²) in [6, 6.07) is 14.2. The molecule has 8 heteroatoms. The number of H-pyrrole nitrogens is 1. The number of aryl methyl sites for hydroxylation is 4. The van der Waals surface area contributed by atoms with Crippen molar-refractivity contribution in [3.63, 3.8) is 0 Å². The van der Waals surface area contributed by atoms with Gasteiger partial charge in [-0.1, -0.05) is 11.2 Å². The number of pyridine rings is 1. The van der Waals surface area contributed by atoms with Crippen LogP contribution in [0.15, 0.2) is 47.0 Å². The third-order valence-electron chi connectivity index (χ3n) is 6.31. The van der Waals surface area contributed by atoms with Crippen LogP contribution in [-0.4, -0.2) is 32.2 Å². The Hall–Kier alpha value is -4.46. The van der Waals surface area contributed by atoms with Gasteiger partial charge in [-0.2, -0.15) is 0 Å². The molecule has 0 unspecified atom stereocenters. The van der Waals surface area contributed by atoms with Crippen molar-refractivity contribution in [3.8, 4) is 16.9 Å². The van der Waals surface area contributed by atoms with E-state index >= 15 is 0 Å². The zero-order valence-corrected chi connectivity index (χ0v) is 20.1. The monoisotopic (exact) mass is 464 g/mol. The van der Waals surface area contributed by atoms with E-state index in [1.807, 2.05) is 58.0 Å². The molecule has 0 aliphatic heterocycles. The molecule has 0 atom stereocenters. The van der Waals surface area contributed by atoms with Gasteiger partial charge in [0.25, 0.3) is 0 Å². The van der Waals surface area contributed by atoms with Crippen molar-refractivity contribution < 1.29 is 9.26 Å². The molecule has 6 rings (SSSR count). The van der Waals surface area contributed by atoms with Crippen molar-refractivity contribution in [3.05, 3.63) is 65.4 Å². The minimum absolute atomic E-state index is 0.665. The molecular formula is C27H24N6O2. The average molecular weight is 465 g/mol. The Morgan fingerprint density at radius 3 is 2.57 bits per heavy atom. The summed E-state index contributed by atoms with van der Waals surface area (Å²) in [7, 11) is 1.67. The second-order valence-corrected chi connectivity index (χ2v) is 8.72. The number of fused-ring (bicyclic) bond motifs is 4. The standard InChI is InChI=1S/C27H24N6O2/c1-13-9-10-17-20(28-13)7-6-8-21(17)31-26-25-18-12-23(34-5)19(24-14(2)33-35-15(24)3)11-22(18)32-27(25)30-16(4)29-26/h6-12H,1-5H3,(H2,29,30,31,32). The summed E-state index contributed by atoms with van der Waals surface area (Å²) in [5, 5.41) is 10.5. The van der Waals surface area contributed by atoms with E-state index in [4.69, 9.17) is 14.2 Å². The molecule has 8 nitrogen and oxygen atoms in total. The molecule has 6 aromatic rings. The second kappa shape index (κ2) is 7.80. The number of nitrogens with zero attached hydrogens (tertiary/aromatic N) is 4. The lowest BCUT2D eigenvalue weighted by atomic mass is 10.0. The molecule has 0 spiro atoms. The number of anilines is 2. The molecule has 0 saturated heterocycles. The topological polar surface area (TPSA) is 102 Å². The highest BCUT2D eigenvalue weighted by Gasteiger charge is 2.20. The molecule has 0 fully saturated rings. The Bertz CT molecular complexity index is 1750. The van der Waals surface area contributed by atoms with Gasteiger partial charge < -0.3 is 19.6 Å². The van der Waals surface area contributed by atoms with E-state index in [0.29, 0.717) is 5.82 Å². The molecule has 4 heterocycles. The lowest BCUT2D eigenvalue weighted by Crippen LogP contribution is -1.99. The number of hydrogen-bond acceptors (Lipinski definition) is 7. The predicted octanol–water partition coefficient (Wildman–Crippen LogP) is 6.30. The first-order valence-electron chi connectivity index (χ1n) is 11.4. The van der Waals surface area contributed by atoms with E-state index in [9.17, 15) is 0 Å². The minimum atomic E-state index is 0.665. The maximum atomic E-state index is 5.80. The largest absolute Gasteiger partial charge is 0.496 e. The molecule has 0 bridgehead atoms. The van der Waals surface area contributed by atoms with E-state index in [-0.39, 0.29) is 0 Å². The van der Waals surface area contributed by atoms with Gasteiger partial charge >= 0.3 is 0 Å². The molecule has 0 aliphatic carbocycles. The van der Waals surface area contributed by atoms with Crippen molar-refractivity contribution in [1.82, 2.24) is 25.1 Å². The molecule has 4 aromatic heterocycles. The number of nitrogens with one attached hydrogen (secondary N) is 2. The van der Waals surface area contributed by atoms with Gasteiger partial charge in [0.15, 0.2) is 0 Å². The fraction of sp³-hybridized carbons (Fsp3) is 0.185. The van der Waals surface area contributed by atoms with Crippen LogP contribution in [0.3, 0.4) is 0 Å². The summed E-state index contributed by atoms with van der Waals surface area (Å²) < 4.78 is 11.2. The van der Waals surface area contributed by atoms with Gasteiger partial charge in [0.05, 0.1) is 29.3 Å². The third-order valence-corrected chi connectivity index (χ3v) is 6.31. The summed E-state index contributed by atoms with van der Waals surface area (Å²) in [5.41, 5.74) is 7.18. The van der Waals surface area contributed by atoms with E-state index in [1.54, 1.807) is 7.11 Å². The molecule has 2 N–H and O–H groups in total. The smallest absolute Gasteiger partial charge is 0.144 e. The van der Waals surface area contributed by atoms with Gasteiger partial charge in [-0.15, -0.1) is 0 Å². The third kappa shape index (κ3) is 3.37. The first kappa shape index (κ1) is 21.1. The van der Waals surface area contributed by atoms with Crippen LogP contribution in [0.1, 0.15) is 23.0 Å². The van der Waals surface area contributed by atoms with Crippen LogP contribution in [0.25, 0.3) is 44.0 Å². The highest BCUT2D eigenvalue weighted by Crippen LogP contribution is 2.41. The van der Waals surface area contributed by atoms with Gasteiger partial charge in [0, 0.05) is 33.2 Å². The van der Waals surface area contributed by atoms with Crippen LogP contribution < -0.4 is 10.1 Å². The van der Waals surface area contributed by atoms with Gasteiger partial charge in [-0.3, -0.25) is 4.98 Å². The van der Waals surface area contributed by atoms with Gasteiger partial charge in [0.2, 0.25) is 0 Å². The first-order valence-corrected chi connectivity index (χ1v) is 11.4. The number of aromatic nitrogens is 5. The van der Waals surface area contributed by atoms with E-state index < -0.39 is 0 Å². The van der Waals surface area contributed by atoms with Crippen LogP contribution in [0.5, 0.6) is 5.75 Å². The van der Waals surface area contributed by atoms with Crippen LogP contribution in [-0.2, 0) is 0 Å². The van der Waals surface area contributed by atoms with E-state index in [2.05, 4.69) is 37.6 Å². The van der Waals surface area contributed by atoms with Crippen molar-refractivity contribution in [2.45, 2.75) is 27.7 Å². The average Bonchev–Trinajstić information content (AvgIpc) is 3.36. The van der Waals surface area contributed by atoms with Crippen molar-refractivity contribution >= 4 is 44.3 Å². The van der Waals surface area contributed by atoms with Crippen LogP contribution in [0.4, 0.5) is 11.5 Å². The Balaban J connectivity index is 1.58. The molecule has 0 saturated carbocycles. The lowest BCUT2D eigenvalue weighted by Gasteiger charge is -2.12. The molecule has 0 radical (unpaired) electrons. The molecule has 174 valence electrons. The quantitative estimate of drug-likeness (QED) is 0.316. The first-order chi connectivity index (χ1) is 16.9. The summed E-state index contributed by atoms with van der Waals surface area (Å²) >= 11 is 0. The second-order valence-electron chi connectivity index (χ2n) is 8.72. The number of hydrogen-bond donors (Lipinski definition) is 2. The zero-order chi connectivity index (χ0) is 24.3. The summed E-state index contributed by atoms with van der Waals surface area (Å²) in [6.07, 6.45) is 0. The minimum Gasteiger partial charge on any atom is -0.496 e. The van der Waals surface area contributed by atoms with Gasteiger partial charge in [-0.05, 0) is 64.1 Å². The number of ether oxygens (including phenoxy) is 1. The molecule has 2 aromatic carbocycles. The van der Waals surface area contributed by atoms with Crippen LogP contribution in [0, 0.1) is 27.7 Å². The van der Waals surface area contributed by atoms with Crippen LogP contribution in [0.2, 0.25) is 0 Å². The molecule has 35 heavy (non-hydrogen) atoms. The fourth-order valence-electron chi connectivity index (χ4n) is 4.75. The summed E-state index contributed by atoms with van der Waals surface area (Å²) in [6.45, 7) is 7.71. The Kier molecular flexibility index (Phi) is 4.70. The van der Waals surface area contributed by atoms with Crippen molar-refractivity contribution in [2.75, 3.05) is 12.4 Å². The SMILES string of the molecule is COc1cc2c(cc1-c1c(C)noc1C)[nH]c1nc(C)nc(Nc3cccc4nc(C)ccc34)c12. The molecule has 0 aliphatic rings. The lowest BCUT2D eigenvalue weighted by molar-refractivity contribution is 0.393. The highest BCUT2D eigenvalue weighted by molar-refractivity contribution is 6.13. The van der Waals surface area contributed by atoms with Crippen LogP contribution >= 0.6 is 0 Å². The van der Waals surface area contributed by atoms with Gasteiger partial charge in [-0.25, -0.2) is 9.97 Å². The van der Waals surface area contributed by atoms with Gasteiger partial charge in [0.1, 0.15) is 28.8 Å². The number of aromatic amines is 1. The van der Waals surface area contributed by atoms with Crippen molar-refractivity contribution in [2.24, 2.45) is 0 Å². The maximum Gasteiger partial charge on any atom is 0.144 e. The highest BCUT2D eigenvalue weighted by atomic mass is 16.5. The molecular weight excluding hydrogens is 440 g/mol. The Labute approximate surface area is 201 Å². The number of rotatable bonds is 4. The number of methoxy groups -OCH3 is 1. The maximum absolute atomic E-state index is 5.80. The Morgan fingerprint density at radius 1 is 0.943 bits per heavy atom. The Morgan fingerprint density at radius 2 is 1.80 bits per heavy atom. The predicted molar refractivity (Wildman–Crippen MR) is 137 cm³/mol. The summed E-state index contributed by atoms with van der Waals surface area (Å²) in [4.78, 5) is 17.6. The zero-order valence-electron chi connectivity index (χ0n) is 20.1. The normalized spacial score (nSPS) is 11.6.